The third-order valence-corrected chi connectivity index (χ3v) is 4.14. The summed E-state index contributed by atoms with van der Waals surface area (Å²) in [5, 5.41) is 3.38. The molecule has 1 saturated heterocycles. The lowest BCUT2D eigenvalue weighted by Crippen LogP contribution is -2.50. The van der Waals surface area contributed by atoms with Crippen molar-refractivity contribution in [2.45, 2.75) is 38.5 Å². The molecular formula is C16H22N2O2. The summed E-state index contributed by atoms with van der Waals surface area (Å²) in [4.78, 5) is 14.6. The Morgan fingerprint density at radius 2 is 2.15 bits per heavy atom. The van der Waals surface area contributed by atoms with Gasteiger partial charge in [0.25, 0.3) is 0 Å². The molecule has 108 valence electrons. The van der Waals surface area contributed by atoms with Crippen LogP contribution in [0.5, 0.6) is 0 Å². The number of carbonyl (C=O) groups excluding carboxylic acids is 1. The summed E-state index contributed by atoms with van der Waals surface area (Å²) in [6, 6.07) is 8.27. The first-order valence-electron chi connectivity index (χ1n) is 7.44. The molecule has 2 aliphatic heterocycles. The van der Waals surface area contributed by atoms with E-state index in [2.05, 4.69) is 23.5 Å². The Balaban J connectivity index is 1.69. The first-order chi connectivity index (χ1) is 9.74. The van der Waals surface area contributed by atoms with Crippen molar-refractivity contribution < 1.29 is 9.53 Å². The van der Waals surface area contributed by atoms with E-state index in [4.69, 9.17) is 4.74 Å². The van der Waals surface area contributed by atoms with Crippen molar-refractivity contribution in [3.05, 3.63) is 35.4 Å². The predicted octanol–water partition coefficient (Wildman–Crippen LogP) is 1.34. The van der Waals surface area contributed by atoms with Crippen molar-refractivity contribution in [3.8, 4) is 0 Å². The molecule has 2 atom stereocenters. The molecule has 1 fully saturated rings. The highest BCUT2D eigenvalue weighted by atomic mass is 16.5. The fraction of sp³-hybridized carbons (Fsp3) is 0.562. The van der Waals surface area contributed by atoms with Crippen LogP contribution < -0.4 is 5.32 Å². The van der Waals surface area contributed by atoms with Crippen LogP contribution >= 0.6 is 0 Å². The minimum absolute atomic E-state index is 0.0878. The van der Waals surface area contributed by atoms with E-state index < -0.39 is 0 Å². The van der Waals surface area contributed by atoms with Crippen LogP contribution in [0.15, 0.2) is 24.3 Å². The molecule has 4 nitrogen and oxygen atoms in total. The highest BCUT2D eigenvalue weighted by molar-refractivity contribution is 5.82. The van der Waals surface area contributed by atoms with E-state index in [1.807, 2.05) is 17.9 Å². The predicted molar refractivity (Wildman–Crippen MR) is 77.4 cm³/mol. The van der Waals surface area contributed by atoms with E-state index in [-0.39, 0.29) is 18.1 Å². The number of fused-ring (bicyclic) bond motifs is 1. The fourth-order valence-corrected chi connectivity index (χ4v) is 3.04. The van der Waals surface area contributed by atoms with Gasteiger partial charge in [-0.2, -0.15) is 0 Å². The average Bonchev–Trinajstić information content (AvgIpc) is 2.70. The second kappa shape index (κ2) is 5.94. The van der Waals surface area contributed by atoms with Gasteiger partial charge in [-0.05, 0) is 30.9 Å². The number of hydrogen-bond acceptors (Lipinski definition) is 3. The molecule has 0 aliphatic carbocycles. The highest BCUT2D eigenvalue weighted by Crippen LogP contribution is 2.18. The number of rotatable bonds is 1. The monoisotopic (exact) mass is 274 g/mol. The van der Waals surface area contributed by atoms with Crippen LogP contribution in [0.4, 0.5) is 0 Å². The van der Waals surface area contributed by atoms with Gasteiger partial charge >= 0.3 is 0 Å². The second-order valence-corrected chi connectivity index (χ2v) is 5.73. The number of benzene rings is 1. The minimum atomic E-state index is -0.0878. The quantitative estimate of drug-likeness (QED) is 0.840. The SMILES string of the molecule is CC1CN(C(=O)[C@@H]2Cc3ccccc3CN2)CCCO1. The van der Waals surface area contributed by atoms with Gasteiger partial charge in [-0.25, -0.2) is 0 Å². The summed E-state index contributed by atoms with van der Waals surface area (Å²) in [5.41, 5.74) is 2.60. The minimum Gasteiger partial charge on any atom is -0.377 e. The van der Waals surface area contributed by atoms with Gasteiger partial charge in [0.05, 0.1) is 12.1 Å². The zero-order valence-electron chi connectivity index (χ0n) is 12.0. The van der Waals surface area contributed by atoms with Gasteiger partial charge in [-0.3, -0.25) is 4.79 Å². The average molecular weight is 274 g/mol. The fourth-order valence-electron chi connectivity index (χ4n) is 3.04. The standard InChI is InChI=1S/C16H22N2O2/c1-12-11-18(7-4-8-20-12)16(19)15-9-13-5-2-3-6-14(13)10-17-15/h2-3,5-6,12,15,17H,4,7-11H2,1H3/t12?,15-/m0/s1. The van der Waals surface area contributed by atoms with Crippen molar-refractivity contribution in [1.29, 1.82) is 0 Å². The van der Waals surface area contributed by atoms with Crippen molar-refractivity contribution in [1.82, 2.24) is 10.2 Å². The Morgan fingerprint density at radius 3 is 3.00 bits per heavy atom. The first kappa shape index (κ1) is 13.6. The lowest BCUT2D eigenvalue weighted by Gasteiger charge is -2.31. The van der Waals surface area contributed by atoms with E-state index in [1.165, 1.54) is 11.1 Å². The van der Waals surface area contributed by atoms with Crippen molar-refractivity contribution in [3.63, 3.8) is 0 Å². The largest absolute Gasteiger partial charge is 0.377 e. The maximum absolute atomic E-state index is 12.7. The molecule has 0 aromatic heterocycles. The Hall–Kier alpha value is -1.39. The number of amides is 1. The molecule has 1 amide bonds. The summed E-state index contributed by atoms with van der Waals surface area (Å²) < 4.78 is 5.61. The summed E-state index contributed by atoms with van der Waals surface area (Å²) in [7, 11) is 0. The second-order valence-electron chi connectivity index (χ2n) is 5.73. The number of ether oxygens (including phenoxy) is 1. The number of nitrogens with one attached hydrogen (secondary N) is 1. The molecule has 0 saturated carbocycles. The van der Waals surface area contributed by atoms with E-state index in [9.17, 15) is 4.79 Å². The Bertz CT molecular complexity index is 489. The maximum atomic E-state index is 12.7. The smallest absolute Gasteiger partial charge is 0.240 e. The third kappa shape index (κ3) is 2.86. The summed E-state index contributed by atoms with van der Waals surface area (Å²) in [6.07, 6.45) is 1.86. The van der Waals surface area contributed by atoms with Gasteiger partial charge in [-0.1, -0.05) is 24.3 Å². The van der Waals surface area contributed by atoms with Gasteiger partial charge in [0, 0.05) is 26.2 Å². The van der Waals surface area contributed by atoms with Crippen LogP contribution in [0.1, 0.15) is 24.5 Å². The molecule has 1 aromatic carbocycles. The molecular weight excluding hydrogens is 252 g/mol. The molecule has 0 spiro atoms. The van der Waals surface area contributed by atoms with Gasteiger partial charge in [0.15, 0.2) is 0 Å². The molecule has 20 heavy (non-hydrogen) atoms. The lowest BCUT2D eigenvalue weighted by molar-refractivity contribution is -0.134. The zero-order valence-corrected chi connectivity index (χ0v) is 12.0. The van der Waals surface area contributed by atoms with Crippen LogP contribution in [-0.2, 0) is 22.5 Å². The summed E-state index contributed by atoms with van der Waals surface area (Å²) in [5.74, 6) is 0.219. The summed E-state index contributed by atoms with van der Waals surface area (Å²) in [6.45, 7) is 5.09. The van der Waals surface area contributed by atoms with E-state index in [0.717, 1.165) is 32.5 Å². The molecule has 0 bridgehead atoms. The van der Waals surface area contributed by atoms with Gasteiger partial charge in [-0.15, -0.1) is 0 Å². The third-order valence-electron chi connectivity index (χ3n) is 4.14. The zero-order chi connectivity index (χ0) is 13.9. The first-order valence-corrected chi connectivity index (χ1v) is 7.44. The lowest BCUT2D eigenvalue weighted by atomic mass is 9.95. The van der Waals surface area contributed by atoms with Crippen LogP contribution in [0.25, 0.3) is 0 Å². The molecule has 2 heterocycles. The molecule has 4 heteroatoms. The van der Waals surface area contributed by atoms with Crippen LogP contribution in [0.3, 0.4) is 0 Å². The molecule has 1 N–H and O–H groups in total. The van der Waals surface area contributed by atoms with Crippen LogP contribution in [0.2, 0.25) is 0 Å². The number of nitrogens with zero attached hydrogens (tertiary/aromatic N) is 1. The highest BCUT2D eigenvalue weighted by Gasteiger charge is 2.29. The number of carbonyl (C=O) groups is 1. The van der Waals surface area contributed by atoms with E-state index >= 15 is 0 Å². The topological polar surface area (TPSA) is 41.6 Å². The normalized spacial score (nSPS) is 26.8. The molecule has 2 aliphatic rings. The molecule has 0 radical (unpaired) electrons. The Morgan fingerprint density at radius 1 is 1.35 bits per heavy atom. The van der Waals surface area contributed by atoms with E-state index in [0.29, 0.717) is 6.54 Å². The van der Waals surface area contributed by atoms with Crippen molar-refractivity contribution >= 4 is 5.91 Å². The van der Waals surface area contributed by atoms with Gasteiger partial charge < -0.3 is 15.0 Å². The van der Waals surface area contributed by atoms with Crippen LogP contribution in [-0.4, -0.2) is 42.6 Å². The Kier molecular flexibility index (Phi) is 4.03. The van der Waals surface area contributed by atoms with Crippen molar-refractivity contribution in [2.24, 2.45) is 0 Å². The van der Waals surface area contributed by atoms with Gasteiger partial charge in [0.1, 0.15) is 0 Å². The van der Waals surface area contributed by atoms with Crippen molar-refractivity contribution in [2.75, 3.05) is 19.7 Å². The molecule has 1 aromatic rings. The molecule has 1 unspecified atom stereocenters. The van der Waals surface area contributed by atoms with Gasteiger partial charge in [0.2, 0.25) is 5.91 Å². The van der Waals surface area contributed by atoms with E-state index in [1.54, 1.807) is 0 Å². The molecule has 3 rings (SSSR count). The number of hydrogen-bond donors (Lipinski definition) is 1. The summed E-state index contributed by atoms with van der Waals surface area (Å²) >= 11 is 0. The maximum Gasteiger partial charge on any atom is 0.240 e. The van der Waals surface area contributed by atoms with Crippen LogP contribution in [0, 0.1) is 0 Å². The Labute approximate surface area is 120 Å².